The molecule has 0 saturated carbocycles. The third-order valence-corrected chi connectivity index (χ3v) is 11.5. The molecule has 11 aromatic rings. The number of hydrogen-bond donors (Lipinski definition) is 0. The number of pyridine rings is 1. The van der Waals surface area contributed by atoms with E-state index in [0.29, 0.717) is 17.5 Å². The fourth-order valence-electron chi connectivity index (χ4n) is 7.80. The Hall–Kier alpha value is -6.82. The molecule has 3 aromatic heterocycles. The summed E-state index contributed by atoms with van der Waals surface area (Å²) in [5, 5.41) is 11.0. The molecule has 0 spiro atoms. The summed E-state index contributed by atoms with van der Waals surface area (Å²) in [5.41, 5.74) is 5.86. The van der Waals surface area contributed by atoms with Gasteiger partial charge in [-0.15, -0.1) is 11.3 Å². The van der Waals surface area contributed by atoms with Gasteiger partial charge in [0.2, 0.25) is 0 Å². The highest BCUT2D eigenvalue weighted by Gasteiger charge is 2.19. The first-order chi connectivity index (χ1) is 26.3. The highest BCUT2D eigenvalue weighted by Crippen LogP contribution is 2.45. The largest absolute Gasteiger partial charge is 0.247 e. The molecule has 3 heterocycles. The van der Waals surface area contributed by atoms with Gasteiger partial charge in [-0.2, -0.15) is 0 Å². The van der Waals surface area contributed by atoms with Crippen LogP contribution in [0.1, 0.15) is 0 Å². The average Bonchev–Trinajstić information content (AvgIpc) is 3.64. The van der Waals surface area contributed by atoms with Crippen LogP contribution in [0.2, 0.25) is 0 Å². The van der Waals surface area contributed by atoms with Gasteiger partial charge in [-0.3, -0.25) is 0 Å². The molecular weight excluding hydrogens is 665 g/mol. The van der Waals surface area contributed by atoms with E-state index in [9.17, 15) is 0 Å². The second-order valence-electron chi connectivity index (χ2n) is 13.4. The summed E-state index contributed by atoms with van der Waals surface area (Å²) in [6, 6.07) is 59.7. The van der Waals surface area contributed by atoms with E-state index >= 15 is 0 Å². The first kappa shape index (κ1) is 29.9. The zero-order valence-electron chi connectivity index (χ0n) is 28.4. The molecule has 8 aromatic carbocycles. The van der Waals surface area contributed by atoms with Gasteiger partial charge in [-0.25, -0.2) is 19.9 Å². The third kappa shape index (κ3) is 4.82. The van der Waals surface area contributed by atoms with Crippen molar-refractivity contribution >= 4 is 74.7 Å². The molecule has 0 radical (unpaired) electrons. The van der Waals surface area contributed by atoms with Crippen LogP contribution in [-0.4, -0.2) is 19.9 Å². The number of hydrogen-bond acceptors (Lipinski definition) is 5. The molecule has 4 nitrogen and oxygen atoms in total. The van der Waals surface area contributed by atoms with Crippen LogP contribution in [0.25, 0.3) is 109 Å². The molecule has 0 bridgehead atoms. The van der Waals surface area contributed by atoms with E-state index < -0.39 is 0 Å². The minimum Gasteiger partial charge on any atom is -0.247 e. The van der Waals surface area contributed by atoms with Crippen LogP contribution < -0.4 is 0 Å². The summed E-state index contributed by atoms with van der Waals surface area (Å²) in [6.07, 6.45) is 0. The van der Waals surface area contributed by atoms with Crippen molar-refractivity contribution in [3.05, 3.63) is 170 Å². The number of nitrogens with zero attached hydrogens (tertiary/aromatic N) is 4. The number of benzene rings is 8. The smallest absolute Gasteiger partial charge is 0.164 e. The Morgan fingerprint density at radius 1 is 0.321 bits per heavy atom. The quantitative estimate of drug-likeness (QED) is 0.172. The SMILES string of the molecule is c1ccc(-c2nc(-c3ccccc3)nc(-c3ccc4nc(-c5ccc6c7ccccc7c7ccccc7c6c5)c5c6ccccc6sc5c4c3)n2)cc1. The lowest BCUT2D eigenvalue weighted by atomic mass is 9.92. The van der Waals surface area contributed by atoms with E-state index in [1.165, 1.54) is 52.5 Å². The van der Waals surface area contributed by atoms with Crippen LogP contribution in [0.3, 0.4) is 0 Å². The maximum atomic E-state index is 5.46. The van der Waals surface area contributed by atoms with Crippen LogP contribution >= 0.6 is 11.3 Å². The zero-order valence-corrected chi connectivity index (χ0v) is 29.2. The van der Waals surface area contributed by atoms with Crippen molar-refractivity contribution in [3.8, 4) is 45.4 Å². The zero-order chi connectivity index (χ0) is 34.9. The van der Waals surface area contributed by atoms with Gasteiger partial charge < -0.3 is 0 Å². The number of thiophene rings is 1. The van der Waals surface area contributed by atoms with Crippen molar-refractivity contribution in [3.63, 3.8) is 0 Å². The molecule has 0 unspecified atom stereocenters. The lowest BCUT2D eigenvalue weighted by Crippen LogP contribution is -2.00. The fourth-order valence-corrected chi connectivity index (χ4v) is 9.03. The van der Waals surface area contributed by atoms with Crippen molar-refractivity contribution in [2.75, 3.05) is 0 Å². The van der Waals surface area contributed by atoms with E-state index in [2.05, 4.69) is 109 Å². The maximum absolute atomic E-state index is 5.46. The molecule has 11 rings (SSSR count). The molecule has 0 atom stereocenters. The van der Waals surface area contributed by atoms with E-state index in [0.717, 1.165) is 38.9 Å². The summed E-state index contributed by atoms with van der Waals surface area (Å²) in [5.74, 6) is 1.92. The van der Waals surface area contributed by atoms with Gasteiger partial charge in [0, 0.05) is 47.8 Å². The van der Waals surface area contributed by atoms with Crippen LogP contribution in [0.5, 0.6) is 0 Å². The number of fused-ring (bicyclic) bond motifs is 11. The van der Waals surface area contributed by atoms with Gasteiger partial charge in [0.05, 0.1) is 11.2 Å². The summed E-state index contributed by atoms with van der Waals surface area (Å²) in [4.78, 5) is 20.4. The second kappa shape index (κ2) is 11.9. The second-order valence-corrected chi connectivity index (χ2v) is 14.4. The standard InChI is InChI=1S/C48H28N4S/c1-3-13-29(14-4-1)46-50-47(30-15-5-2-6-16-30)52-48(51-46)32-24-26-41-40(28-32)45-43(38-21-11-12-22-42(38)53-45)44(49-41)31-23-25-37-35-19-8-7-17-33(35)34-18-9-10-20-36(34)39(37)27-31/h1-28H. The molecule has 53 heavy (non-hydrogen) atoms. The maximum Gasteiger partial charge on any atom is 0.164 e. The lowest BCUT2D eigenvalue weighted by molar-refractivity contribution is 1.07. The molecule has 0 aliphatic carbocycles. The van der Waals surface area contributed by atoms with E-state index in [1.54, 1.807) is 0 Å². The highest BCUT2D eigenvalue weighted by atomic mass is 32.1. The predicted molar refractivity (Wildman–Crippen MR) is 222 cm³/mol. The van der Waals surface area contributed by atoms with E-state index in [4.69, 9.17) is 19.9 Å². The summed E-state index contributed by atoms with van der Waals surface area (Å²) >= 11 is 1.82. The third-order valence-electron chi connectivity index (χ3n) is 10.3. The van der Waals surface area contributed by atoms with Crippen molar-refractivity contribution in [1.82, 2.24) is 19.9 Å². The topological polar surface area (TPSA) is 51.6 Å². The lowest BCUT2D eigenvalue weighted by Gasteiger charge is -2.13. The molecule has 0 saturated heterocycles. The minimum atomic E-state index is 0.631. The molecule has 5 heteroatoms. The van der Waals surface area contributed by atoms with Gasteiger partial charge in [0.15, 0.2) is 17.5 Å². The Morgan fingerprint density at radius 2 is 0.792 bits per heavy atom. The molecule has 0 aliphatic heterocycles. The van der Waals surface area contributed by atoms with Crippen LogP contribution in [0.4, 0.5) is 0 Å². The van der Waals surface area contributed by atoms with Gasteiger partial charge >= 0.3 is 0 Å². The Labute approximate surface area is 308 Å². The van der Waals surface area contributed by atoms with Gasteiger partial charge in [0.1, 0.15) is 0 Å². The van der Waals surface area contributed by atoms with E-state index in [-0.39, 0.29) is 0 Å². The van der Waals surface area contributed by atoms with Crippen LogP contribution in [0.15, 0.2) is 170 Å². The Kier molecular flexibility index (Phi) is 6.69. The molecule has 0 fully saturated rings. The van der Waals surface area contributed by atoms with Crippen molar-refractivity contribution < 1.29 is 0 Å². The monoisotopic (exact) mass is 692 g/mol. The number of rotatable bonds is 4. The average molecular weight is 693 g/mol. The molecular formula is C48H28N4S. The molecule has 0 N–H and O–H groups in total. The molecule has 0 aliphatic rings. The summed E-state index contributed by atoms with van der Waals surface area (Å²) in [6.45, 7) is 0. The normalized spacial score (nSPS) is 11.8. The Bertz CT molecular complexity index is 3130. The molecule has 246 valence electrons. The van der Waals surface area contributed by atoms with Crippen molar-refractivity contribution in [2.24, 2.45) is 0 Å². The van der Waals surface area contributed by atoms with Crippen LogP contribution in [-0.2, 0) is 0 Å². The number of aromatic nitrogens is 4. The fraction of sp³-hybridized carbons (Fsp3) is 0. The van der Waals surface area contributed by atoms with Gasteiger partial charge in [-0.1, -0.05) is 140 Å². The minimum absolute atomic E-state index is 0.631. The van der Waals surface area contributed by atoms with Crippen molar-refractivity contribution in [2.45, 2.75) is 0 Å². The Balaban J connectivity index is 1.16. The molecule has 0 amide bonds. The summed E-state index contributed by atoms with van der Waals surface area (Å²) in [7, 11) is 0. The van der Waals surface area contributed by atoms with Gasteiger partial charge in [-0.05, 0) is 62.6 Å². The highest BCUT2D eigenvalue weighted by molar-refractivity contribution is 7.26. The van der Waals surface area contributed by atoms with Crippen molar-refractivity contribution in [1.29, 1.82) is 0 Å². The first-order valence-corrected chi connectivity index (χ1v) is 18.5. The summed E-state index contributed by atoms with van der Waals surface area (Å²) < 4.78 is 2.44. The van der Waals surface area contributed by atoms with Gasteiger partial charge in [0.25, 0.3) is 0 Å². The van der Waals surface area contributed by atoms with E-state index in [1.807, 2.05) is 72.0 Å². The first-order valence-electron chi connectivity index (χ1n) is 17.7. The Morgan fingerprint density at radius 3 is 1.42 bits per heavy atom. The van der Waals surface area contributed by atoms with Crippen LogP contribution in [0, 0.1) is 0 Å². The predicted octanol–water partition coefficient (Wildman–Crippen LogP) is 12.9.